The molecule has 0 saturated heterocycles. The second-order valence-corrected chi connectivity index (χ2v) is 17.9. The average Bonchev–Trinajstić information content (AvgIpc) is 4.09. The molecule has 7 heteroatoms. The van der Waals surface area contributed by atoms with Crippen molar-refractivity contribution in [2.45, 2.75) is 0 Å². The third-order valence-corrected chi connectivity index (χ3v) is 13.9. The molecule has 0 saturated carbocycles. The SMILES string of the molecule is N#Cc1cc(-c2nc(-c3ccccc3)nc(-n3c4ccc(-c5ccccc5)cc4c4cc(-c5ccccc5)ccc43)n2)ccc1-n1c2ccccc2c2ccc3c4ccccc4n(-c4ccccc4)c3c21. The summed E-state index contributed by atoms with van der Waals surface area (Å²) in [4.78, 5) is 15.8. The molecule has 0 aliphatic carbocycles. The molecule has 0 N–H and O–H groups in total. The van der Waals surface area contributed by atoms with E-state index in [0.29, 0.717) is 28.7 Å². The fourth-order valence-corrected chi connectivity index (χ4v) is 10.7. The zero-order valence-corrected chi connectivity index (χ0v) is 38.1. The van der Waals surface area contributed by atoms with Crippen molar-refractivity contribution in [3.8, 4) is 68.4 Å². The minimum atomic E-state index is 0.461. The van der Waals surface area contributed by atoms with Gasteiger partial charge in [0.2, 0.25) is 5.95 Å². The molecule has 0 amide bonds. The van der Waals surface area contributed by atoms with E-state index in [1.165, 1.54) is 0 Å². The summed E-state index contributed by atoms with van der Waals surface area (Å²) in [7, 11) is 0. The van der Waals surface area contributed by atoms with Crippen LogP contribution in [0.2, 0.25) is 0 Å². The van der Waals surface area contributed by atoms with Crippen LogP contribution in [-0.4, -0.2) is 28.7 Å². The van der Waals surface area contributed by atoms with Crippen LogP contribution in [0.25, 0.3) is 128 Å². The first kappa shape index (κ1) is 40.2. The van der Waals surface area contributed by atoms with Crippen molar-refractivity contribution >= 4 is 65.4 Å². The second-order valence-electron chi connectivity index (χ2n) is 17.9. The van der Waals surface area contributed by atoms with Gasteiger partial charge in [-0.15, -0.1) is 0 Å². The number of fused-ring (bicyclic) bond motifs is 10. The Morgan fingerprint density at radius 3 is 1.32 bits per heavy atom. The Morgan fingerprint density at radius 2 is 0.761 bits per heavy atom. The molecule has 7 nitrogen and oxygen atoms in total. The highest BCUT2D eigenvalue weighted by molar-refractivity contribution is 6.24. The number of benzene rings is 10. The summed E-state index contributed by atoms with van der Waals surface area (Å²) in [5, 5.41) is 17.9. The van der Waals surface area contributed by atoms with E-state index in [0.717, 1.165) is 105 Å². The summed E-state index contributed by atoms with van der Waals surface area (Å²) in [5.74, 6) is 1.47. The lowest BCUT2D eigenvalue weighted by molar-refractivity contribution is 0.953. The van der Waals surface area contributed by atoms with Gasteiger partial charge in [0.1, 0.15) is 6.07 Å². The van der Waals surface area contributed by atoms with Gasteiger partial charge in [-0.2, -0.15) is 15.2 Å². The van der Waals surface area contributed by atoms with Gasteiger partial charge in [0.15, 0.2) is 11.6 Å². The zero-order chi connectivity index (χ0) is 47.0. The minimum Gasteiger partial charge on any atom is -0.307 e. The number of nitriles is 1. The molecule has 0 unspecified atom stereocenters. The first-order valence-electron chi connectivity index (χ1n) is 23.7. The first-order valence-corrected chi connectivity index (χ1v) is 23.7. The molecular weight excluding hydrogens is 867 g/mol. The van der Waals surface area contributed by atoms with Crippen LogP contribution in [0.15, 0.2) is 237 Å². The van der Waals surface area contributed by atoms with E-state index < -0.39 is 0 Å². The first-order chi connectivity index (χ1) is 35.2. The Hall–Kier alpha value is -9.90. The Bertz CT molecular complexity index is 4350. The summed E-state index contributed by atoms with van der Waals surface area (Å²) in [6, 6.07) is 85.0. The van der Waals surface area contributed by atoms with Crippen molar-refractivity contribution in [1.82, 2.24) is 28.7 Å². The molecule has 71 heavy (non-hydrogen) atoms. The van der Waals surface area contributed by atoms with Crippen LogP contribution in [0.5, 0.6) is 0 Å². The van der Waals surface area contributed by atoms with Gasteiger partial charge in [-0.05, 0) is 89.0 Å². The maximum atomic E-state index is 11.3. The number of para-hydroxylation sites is 3. The van der Waals surface area contributed by atoms with Gasteiger partial charge in [0, 0.05) is 49.1 Å². The molecular formula is C64H39N7. The summed E-state index contributed by atoms with van der Waals surface area (Å²) < 4.78 is 6.79. The van der Waals surface area contributed by atoms with Crippen LogP contribution in [0.4, 0.5) is 0 Å². The van der Waals surface area contributed by atoms with E-state index in [-0.39, 0.29) is 0 Å². The summed E-state index contributed by atoms with van der Waals surface area (Å²) >= 11 is 0. The predicted molar refractivity (Wildman–Crippen MR) is 289 cm³/mol. The molecule has 0 fully saturated rings. The van der Waals surface area contributed by atoms with E-state index in [1.54, 1.807) is 0 Å². The van der Waals surface area contributed by atoms with Crippen molar-refractivity contribution in [3.63, 3.8) is 0 Å². The molecule has 0 spiro atoms. The minimum absolute atomic E-state index is 0.461. The van der Waals surface area contributed by atoms with Gasteiger partial charge in [-0.1, -0.05) is 170 Å². The Labute approximate surface area is 408 Å². The zero-order valence-electron chi connectivity index (χ0n) is 38.1. The Balaban J connectivity index is 1.00. The normalized spacial score (nSPS) is 11.6. The van der Waals surface area contributed by atoms with Gasteiger partial charge in [-0.3, -0.25) is 4.57 Å². The van der Waals surface area contributed by atoms with Crippen molar-refractivity contribution in [2.75, 3.05) is 0 Å². The van der Waals surface area contributed by atoms with E-state index in [4.69, 9.17) is 15.0 Å². The maximum Gasteiger partial charge on any atom is 0.238 e. The third kappa shape index (κ3) is 6.40. The fourth-order valence-electron chi connectivity index (χ4n) is 10.7. The highest BCUT2D eigenvalue weighted by Gasteiger charge is 2.24. The lowest BCUT2D eigenvalue weighted by Crippen LogP contribution is -2.07. The molecule has 10 aromatic carbocycles. The Kier molecular flexibility index (Phi) is 9.13. The topological polar surface area (TPSA) is 77.2 Å². The molecule has 0 atom stereocenters. The quantitative estimate of drug-likeness (QED) is 0.160. The second kappa shape index (κ2) is 16.1. The summed E-state index contributed by atoms with van der Waals surface area (Å²) in [6.45, 7) is 0. The van der Waals surface area contributed by atoms with Crippen molar-refractivity contribution in [2.24, 2.45) is 0 Å². The van der Waals surface area contributed by atoms with E-state index >= 15 is 0 Å². The maximum absolute atomic E-state index is 11.3. The van der Waals surface area contributed by atoms with Gasteiger partial charge < -0.3 is 9.13 Å². The van der Waals surface area contributed by atoms with Crippen LogP contribution < -0.4 is 0 Å². The average molecular weight is 906 g/mol. The lowest BCUT2D eigenvalue weighted by atomic mass is 10.0. The highest BCUT2D eigenvalue weighted by Crippen LogP contribution is 2.43. The Morgan fingerprint density at radius 1 is 0.310 bits per heavy atom. The molecule has 0 radical (unpaired) electrons. The van der Waals surface area contributed by atoms with Crippen LogP contribution >= 0.6 is 0 Å². The van der Waals surface area contributed by atoms with E-state index in [1.807, 2.05) is 54.6 Å². The number of hydrogen-bond donors (Lipinski definition) is 0. The fraction of sp³-hybridized carbons (Fsp3) is 0. The molecule has 0 bridgehead atoms. The molecule has 0 aliphatic rings. The van der Waals surface area contributed by atoms with Crippen molar-refractivity contribution in [3.05, 3.63) is 242 Å². The largest absolute Gasteiger partial charge is 0.307 e. The monoisotopic (exact) mass is 905 g/mol. The van der Waals surface area contributed by atoms with Gasteiger partial charge in [-0.25, -0.2) is 4.98 Å². The molecule has 0 aliphatic heterocycles. The molecule has 4 aromatic heterocycles. The summed E-state index contributed by atoms with van der Waals surface area (Å²) in [6.07, 6.45) is 0. The smallest absolute Gasteiger partial charge is 0.238 e. The number of rotatable bonds is 7. The summed E-state index contributed by atoms with van der Waals surface area (Å²) in [5.41, 5.74) is 14.6. The van der Waals surface area contributed by atoms with Crippen LogP contribution in [-0.2, 0) is 0 Å². The number of hydrogen-bond acceptors (Lipinski definition) is 4. The van der Waals surface area contributed by atoms with Gasteiger partial charge in [0.05, 0.1) is 44.4 Å². The van der Waals surface area contributed by atoms with E-state index in [2.05, 4.69) is 202 Å². The van der Waals surface area contributed by atoms with Crippen molar-refractivity contribution in [1.29, 1.82) is 5.26 Å². The molecule has 14 rings (SSSR count). The highest BCUT2D eigenvalue weighted by atomic mass is 15.2. The molecule has 330 valence electrons. The number of nitrogens with zero attached hydrogens (tertiary/aromatic N) is 7. The number of aromatic nitrogens is 6. The van der Waals surface area contributed by atoms with Gasteiger partial charge >= 0.3 is 0 Å². The van der Waals surface area contributed by atoms with Crippen molar-refractivity contribution < 1.29 is 0 Å². The standard InChI is InChI=1S/C64H39N7/c65-40-47-37-46(31-34-55(47)70-57-28-16-14-26-50(57)52-33-32-51-49-25-13-15-27-56(49)69(60(51)61(52)70)48-23-11-4-12-24-48)63-66-62(43-21-9-3-10-22-43)67-64(68-63)71-58-35-29-44(41-17-5-1-6-18-41)38-53(58)54-39-45(30-36-59(54)71)42-19-7-2-8-20-42/h1-39H. The van der Waals surface area contributed by atoms with E-state index in [9.17, 15) is 5.26 Å². The predicted octanol–water partition coefficient (Wildman–Crippen LogP) is 15.7. The third-order valence-electron chi connectivity index (χ3n) is 13.9. The van der Waals surface area contributed by atoms with Gasteiger partial charge in [0.25, 0.3) is 0 Å². The molecule has 4 heterocycles. The van der Waals surface area contributed by atoms with Crippen LogP contribution in [0.3, 0.4) is 0 Å². The van der Waals surface area contributed by atoms with Crippen LogP contribution in [0.1, 0.15) is 5.56 Å². The molecule has 14 aromatic rings. The lowest BCUT2D eigenvalue weighted by Gasteiger charge is -2.15. The van der Waals surface area contributed by atoms with Crippen LogP contribution in [0, 0.1) is 11.3 Å².